The smallest absolute Gasteiger partial charge is 0.241 e. The Morgan fingerprint density at radius 1 is 0.964 bits per heavy atom. The van der Waals surface area contributed by atoms with Gasteiger partial charge in [0.1, 0.15) is 13.2 Å². The lowest BCUT2D eigenvalue weighted by Gasteiger charge is -2.28. The van der Waals surface area contributed by atoms with Crippen LogP contribution in [0.1, 0.15) is 43.5 Å². The zero-order valence-corrected chi connectivity index (χ0v) is 17.3. The van der Waals surface area contributed by atoms with Crippen molar-refractivity contribution in [2.75, 3.05) is 18.5 Å². The molecule has 150 valence electrons. The first-order valence-electron chi connectivity index (χ1n) is 9.89. The Morgan fingerprint density at radius 2 is 1.68 bits per heavy atom. The van der Waals surface area contributed by atoms with Crippen molar-refractivity contribution in [2.24, 2.45) is 5.92 Å². The molecule has 2 N–H and O–H groups in total. The highest BCUT2D eigenvalue weighted by atomic mass is 16.6. The molecule has 0 saturated heterocycles. The highest BCUT2D eigenvalue weighted by Gasteiger charge is 2.24. The van der Waals surface area contributed by atoms with Crippen LogP contribution in [-0.4, -0.2) is 25.2 Å². The fourth-order valence-corrected chi connectivity index (χ4v) is 3.38. The Morgan fingerprint density at radius 3 is 2.39 bits per heavy atom. The fourth-order valence-electron chi connectivity index (χ4n) is 3.38. The van der Waals surface area contributed by atoms with Gasteiger partial charge < -0.3 is 14.8 Å². The van der Waals surface area contributed by atoms with Crippen LogP contribution < -0.4 is 20.1 Å². The topological polar surface area (TPSA) is 59.6 Å². The Kier molecular flexibility index (Phi) is 6.25. The average Bonchev–Trinajstić information content (AvgIpc) is 2.68. The molecule has 0 aliphatic carbocycles. The number of anilines is 1. The first-order chi connectivity index (χ1) is 13.3. The number of carbonyl (C=O) groups is 1. The second kappa shape index (κ2) is 8.65. The number of aryl methyl sites for hydroxylation is 2. The van der Waals surface area contributed by atoms with E-state index in [-0.39, 0.29) is 18.0 Å². The number of rotatable bonds is 6. The van der Waals surface area contributed by atoms with Crippen LogP contribution in [0.2, 0.25) is 0 Å². The quantitative estimate of drug-likeness (QED) is 0.778. The van der Waals surface area contributed by atoms with Gasteiger partial charge in [-0.3, -0.25) is 10.1 Å². The molecule has 1 heterocycles. The van der Waals surface area contributed by atoms with Crippen LogP contribution in [0.4, 0.5) is 5.69 Å². The number of benzene rings is 2. The third-order valence-corrected chi connectivity index (χ3v) is 5.07. The van der Waals surface area contributed by atoms with E-state index in [1.54, 1.807) is 0 Å². The minimum Gasteiger partial charge on any atom is -0.486 e. The minimum atomic E-state index is -0.347. The number of hydrogen-bond acceptors (Lipinski definition) is 4. The van der Waals surface area contributed by atoms with E-state index < -0.39 is 0 Å². The van der Waals surface area contributed by atoms with Crippen LogP contribution in [0, 0.1) is 19.8 Å². The van der Waals surface area contributed by atoms with Gasteiger partial charge in [0, 0.05) is 11.7 Å². The summed E-state index contributed by atoms with van der Waals surface area (Å²) in [4.78, 5) is 12.8. The summed E-state index contributed by atoms with van der Waals surface area (Å²) in [5, 5.41) is 6.54. The molecular formula is C23H30N2O3. The average molecular weight is 383 g/mol. The summed E-state index contributed by atoms with van der Waals surface area (Å²) in [5.41, 5.74) is 4.13. The number of carbonyl (C=O) groups excluding carboxylic acids is 1. The van der Waals surface area contributed by atoms with Crippen LogP contribution in [0.25, 0.3) is 0 Å². The lowest BCUT2D eigenvalue weighted by atomic mass is 9.94. The molecule has 0 unspecified atom stereocenters. The van der Waals surface area contributed by atoms with E-state index >= 15 is 0 Å². The predicted octanol–water partition coefficient (Wildman–Crippen LogP) is 4.39. The zero-order chi connectivity index (χ0) is 20.3. The predicted molar refractivity (Wildman–Crippen MR) is 112 cm³/mol. The first-order valence-corrected chi connectivity index (χ1v) is 9.89. The monoisotopic (exact) mass is 382 g/mol. The van der Waals surface area contributed by atoms with E-state index in [4.69, 9.17) is 9.47 Å². The van der Waals surface area contributed by atoms with Crippen molar-refractivity contribution in [3.8, 4) is 11.5 Å². The van der Waals surface area contributed by atoms with E-state index in [0.717, 1.165) is 33.9 Å². The molecule has 5 nitrogen and oxygen atoms in total. The maximum absolute atomic E-state index is 12.8. The lowest BCUT2D eigenvalue weighted by molar-refractivity contribution is -0.118. The summed E-state index contributed by atoms with van der Waals surface area (Å²) in [7, 11) is 0. The van der Waals surface area contributed by atoms with Crippen molar-refractivity contribution in [3.05, 3.63) is 53.1 Å². The lowest BCUT2D eigenvalue weighted by Crippen LogP contribution is -2.41. The summed E-state index contributed by atoms with van der Waals surface area (Å²) in [6.07, 6.45) is 0. The molecule has 2 atom stereocenters. The van der Waals surface area contributed by atoms with E-state index in [9.17, 15) is 4.79 Å². The largest absolute Gasteiger partial charge is 0.486 e. The molecule has 28 heavy (non-hydrogen) atoms. The number of nitrogens with one attached hydrogen (secondary N) is 2. The summed E-state index contributed by atoms with van der Waals surface area (Å²) in [5.74, 6) is 1.80. The van der Waals surface area contributed by atoms with Gasteiger partial charge in [0.15, 0.2) is 11.5 Å². The second-order valence-corrected chi connectivity index (χ2v) is 7.82. The molecule has 1 aliphatic heterocycles. The Bertz CT molecular complexity index is 848. The molecule has 1 aliphatic rings. The SMILES string of the molecule is Cc1ccc(C)c(NC(=O)[C@@H](C)N[C@@H](c2ccc3c(c2)OCCO3)C(C)C)c1. The van der Waals surface area contributed by atoms with Crippen LogP contribution in [0.5, 0.6) is 11.5 Å². The van der Waals surface area contributed by atoms with Gasteiger partial charge in [-0.1, -0.05) is 32.0 Å². The van der Waals surface area contributed by atoms with Crippen molar-refractivity contribution in [1.82, 2.24) is 5.32 Å². The molecule has 0 saturated carbocycles. The molecular weight excluding hydrogens is 352 g/mol. The minimum absolute atomic E-state index is 0.0233. The molecule has 3 rings (SSSR count). The van der Waals surface area contributed by atoms with Gasteiger partial charge in [-0.15, -0.1) is 0 Å². The van der Waals surface area contributed by atoms with Crippen molar-refractivity contribution >= 4 is 11.6 Å². The number of ether oxygens (including phenoxy) is 2. The molecule has 0 bridgehead atoms. The van der Waals surface area contributed by atoms with Gasteiger partial charge in [-0.2, -0.15) is 0 Å². The van der Waals surface area contributed by atoms with E-state index in [2.05, 4.69) is 24.5 Å². The van der Waals surface area contributed by atoms with Crippen molar-refractivity contribution in [1.29, 1.82) is 0 Å². The Labute approximate surface area is 167 Å². The molecule has 2 aromatic rings. The number of fused-ring (bicyclic) bond motifs is 1. The molecule has 2 aromatic carbocycles. The fraction of sp³-hybridized carbons (Fsp3) is 0.435. The zero-order valence-electron chi connectivity index (χ0n) is 17.3. The first kappa shape index (κ1) is 20.2. The summed E-state index contributed by atoms with van der Waals surface area (Å²) >= 11 is 0. The third kappa shape index (κ3) is 4.65. The van der Waals surface area contributed by atoms with E-state index in [1.165, 1.54) is 0 Å². The molecule has 0 fully saturated rings. The summed E-state index contributed by atoms with van der Waals surface area (Å²) in [6, 6.07) is 11.7. The second-order valence-electron chi connectivity index (χ2n) is 7.82. The van der Waals surface area contributed by atoms with Gasteiger partial charge in [0.25, 0.3) is 0 Å². The number of hydrogen-bond donors (Lipinski definition) is 2. The Hall–Kier alpha value is -2.53. The van der Waals surface area contributed by atoms with Gasteiger partial charge in [-0.25, -0.2) is 0 Å². The third-order valence-electron chi connectivity index (χ3n) is 5.07. The molecule has 1 amide bonds. The summed E-state index contributed by atoms with van der Waals surface area (Å²) < 4.78 is 11.3. The maximum Gasteiger partial charge on any atom is 0.241 e. The van der Waals surface area contributed by atoms with Crippen molar-refractivity contribution < 1.29 is 14.3 Å². The van der Waals surface area contributed by atoms with Gasteiger partial charge in [0.05, 0.1) is 6.04 Å². The van der Waals surface area contributed by atoms with Crippen LogP contribution in [0.3, 0.4) is 0 Å². The van der Waals surface area contributed by atoms with Gasteiger partial charge in [0.2, 0.25) is 5.91 Å². The van der Waals surface area contributed by atoms with Crippen LogP contribution in [-0.2, 0) is 4.79 Å². The van der Waals surface area contributed by atoms with Crippen LogP contribution >= 0.6 is 0 Å². The highest BCUT2D eigenvalue weighted by Crippen LogP contribution is 2.34. The maximum atomic E-state index is 12.8. The molecule has 0 spiro atoms. The van der Waals surface area contributed by atoms with Gasteiger partial charge >= 0.3 is 0 Å². The number of amides is 1. The summed E-state index contributed by atoms with van der Waals surface area (Å²) in [6.45, 7) is 11.3. The van der Waals surface area contributed by atoms with E-state index in [1.807, 2.05) is 57.2 Å². The molecule has 5 heteroatoms. The molecule has 0 aromatic heterocycles. The van der Waals surface area contributed by atoms with Gasteiger partial charge in [-0.05, 0) is 61.6 Å². The van der Waals surface area contributed by atoms with Crippen molar-refractivity contribution in [2.45, 2.75) is 46.7 Å². The molecule has 0 radical (unpaired) electrons. The highest BCUT2D eigenvalue weighted by molar-refractivity contribution is 5.95. The normalized spacial score (nSPS) is 15.2. The van der Waals surface area contributed by atoms with Crippen LogP contribution in [0.15, 0.2) is 36.4 Å². The van der Waals surface area contributed by atoms with E-state index in [0.29, 0.717) is 19.1 Å². The Balaban J connectivity index is 1.73. The standard InChI is InChI=1S/C23H30N2O3/c1-14(2)22(18-8-9-20-21(13-18)28-11-10-27-20)24-17(5)23(26)25-19-12-15(3)6-7-16(19)4/h6-9,12-14,17,22,24H,10-11H2,1-5H3,(H,25,26)/t17-,22-/m1/s1. The van der Waals surface area contributed by atoms with Crippen molar-refractivity contribution in [3.63, 3.8) is 0 Å².